The Morgan fingerprint density at radius 2 is 2.30 bits per heavy atom. The highest BCUT2D eigenvalue weighted by Crippen LogP contribution is 2.41. The van der Waals surface area contributed by atoms with Crippen molar-refractivity contribution >= 4 is 5.91 Å². The molecule has 3 nitrogen and oxygen atoms in total. The number of benzene rings is 1. The number of aryl methyl sites for hydroxylation is 1. The fourth-order valence-corrected chi connectivity index (χ4v) is 3.37. The minimum atomic E-state index is 0. The maximum atomic E-state index is 11.2. The van der Waals surface area contributed by atoms with Crippen LogP contribution in [0.25, 0.3) is 0 Å². The fourth-order valence-electron chi connectivity index (χ4n) is 3.37. The SMILES string of the molecule is CCC(=O)NCCCC1CCc2cc3c(cc21)OCC3.[HH]. The molecule has 0 radical (unpaired) electrons. The molecule has 1 aromatic rings. The van der Waals surface area contributed by atoms with E-state index in [2.05, 4.69) is 17.4 Å². The molecule has 0 fully saturated rings. The summed E-state index contributed by atoms with van der Waals surface area (Å²) >= 11 is 0. The highest BCUT2D eigenvalue weighted by atomic mass is 16.5. The van der Waals surface area contributed by atoms with Crippen LogP contribution < -0.4 is 10.1 Å². The summed E-state index contributed by atoms with van der Waals surface area (Å²) < 4.78 is 5.69. The Morgan fingerprint density at radius 1 is 1.40 bits per heavy atom. The standard InChI is InChI=1S/C17H23NO2.H2/c1-2-17(19)18-8-3-4-12-5-6-13-10-14-7-9-20-16(14)11-15(12)13;/h10-12H,2-9H2,1H3,(H,18,19);1H. The first-order valence-electron chi connectivity index (χ1n) is 7.83. The Hall–Kier alpha value is -1.51. The van der Waals surface area contributed by atoms with Crippen molar-refractivity contribution in [2.45, 2.75) is 51.4 Å². The number of amides is 1. The van der Waals surface area contributed by atoms with Crippen molar-refractivity contribution in [3.05, 3.63) is 28.8 Å². The minimum Gasteiger partial charge on any atom is -0.493 e. The van der Waals surface area contributed by atoms with Crippen LogP contribution in [0.3, 0.4) is 0 Å². The van der Waals surface area contributed by atoms with Gasteiger partial charge in [0, 0.05) is 20.8 Å². The number of hydrogen-bond acceptors (Lipinski definition) is 2. The van der Waals surface area contributed by atoms with Crippen molar-refractivity contribution in [3.8, 4) is 5.75 Å². The molecule has 3 heteroatoms. The van der Waals surface area contributed by atoms with Crippen molar-refractivity contribution in [3.63, 3.8) is 0 Å². The van der Waals surface area contributed by atoms with Crippen LogP contribution in [0.5, 0.6) is 5.75 Å². The number of rotatable bonds is 5. The summed E-state index contributed by atoms with van der Waals surface area (Å²) in [5.41, 5.74) is 4.41. The quantitative estimate of drug-likeness (QED) is 0.838. The third kappa shape index (κ3) is 2.67. The van der Waals surface area contributed by atoms with E-state index in [9.17, 15) is 4.79 Å². The lowest BCUT2D eigenvalue weighted by Crippen LogP contribution is -2.23. The molecule has 1 N–H and O–H groups in total. The lowest BCUT2D eigenvalue weighted by atomic mass is 9.95. The third-order valence-corrected chi connectivity index (χ3v) is 4.53. The first-order valence-corrected chi connectivity index (χ1v) is 7.83. The molecule has 1 atom stereocenters. The van der Waals surface area contributed by atoms with E-state index in [1.807, 2.05) is 6.92 Å². The average Bonchev–Trinajstić information content (AvgIpc) is 3.07. The second-order valence-corrected chi connectivity index (χ2v) is 5.84. The predicted octanol–water partition coefficient (Wildman–Crippen LogP) is 3.20. The molecule has 0 spiro atoms. The molecular weight excluding hydrogens is 250 g/mol. The van der Waals surface area contributed by atoms with Crippen molar-refractivity contribution in [2.75, 3.05) is 13.2 Å². The number of fused-ring (bicyclic) bond motifs is 2. The predicted molar refractivity (Wildman–Crippen MR) is 81.4 cm³/mol. The summed E-state index contributed by atoms with van der Waals surface area (Å²) in [5, 5.41) is 2.96. The molecule has 1 aliphatic heterocycles. The monoisotopic (exact) mass is 275 g/mol. The lowest BCUT2D eigenvalue weighted by Gasteiger charge is -2.13. The number of hydrogen-bond donors (Lipinski definition) is 1. The molecule has 1 heterocycles. The molecule has 0 saturated heterocycles. The first kappa shape index (κ1) is 13.5. The number of carbonyl (C=O) groups excluding carboxylic acids is 1. The largest absolute Gasteiger partial charge is 0.493 e. The van der Waals surface area contributed by atoms with Gasteiger partial charge in [-0.2, -0.15) is 0 Å². The molecule has 0 aromatic heterocycles. The summed E-state index contributed by atoms with van der Waals surface area (Å²) in [6, 6.07) is 4.64. The Kier molecular flexibility index (Phi) is 3.95. The lowest BCUT2D eigenvalue weighted by molar-refractivity contribution is -0.120. The van der Waals surface area contributed by atoms with Gasteiger partial charge in [0.2, 0.25) is 5.91 Å². The van der Waals surface area contributed by atoms with E-state index in [1.165, 1.54) is 29.5 Å². The van der Waals surface area contributed by atoms with Crippen molar-refractivity contribution < 1.29 is 11.0 Å². The van der Waals surface area contributed by atoms with Crippen LogP contribution in [0.15, 0.2) is 12.1 Å². The highest BCUT2D eigenvalue weighted by molar-refractivity contribution is 5.75. The number of carbonyl (C=O) groups is 1. The van der Waals surface area contributed by atoms with Gasteiger partial charge in [0.15, 0.2) is 0 Å². The van der Waals surface area contributed by atoms with Gasteiger partial charge in [0.05, 0.1) is 6.61 Å². The summed E-state index contributed by atoms with van der Waals surface area (Å²) in [4.78, 5) is 11.2. The zero-order valence-electron chi connectivity index (χ0n) is 12.2. The maximum absolute atomic E-state index is 11.2. The van der Waals surface area contributed by atoms with Gasteiger partial charge in [-0.05, 0) is 54.4 Å². The van der Waals surface area contributed by atoms with Crippen LogP contribution >= 0.6 is 0 Å². The Morgan fingerprint density at radius 3 is 3.15 bits per heavy atom. The van der Waals surface area contributed by atoms with Gasteiger partial charge in [0.25, 0.3) is 0 Å². The summed E-state index contributed by atoms with van der Waals surface area (Å²) in [6.07, 6.45) is 6.32. The van der Waals surface area contributed by atoms with Crippen molar-refractivity contribution in [1.82, 2.24) is 5.32 Å². The topological polar surface area (TPSA) is 38.3 Å². The van der Waals surface area contributed by atoms with E-state index in [0.29, 0.717) is 12.3 Å². The summed E-state index contributed by atoms with van der Waals surface area (Å²) in [7, 11) is 0. The van der Waals surface area contributed by atoms with Crippen LogP contribution in [0, 0.1) is 0 Å². The van der Waals surface area contributed by atoms with E-state index >= 15 is 0 Å². The maximum Gasteiger partial charge on any atom is 0.219 e. The van der Waals surface area contributed by atoms with Crippen LogP contribution in [0.1, 0.15) is 56.6 Å². The first-order chi connectivity index (χ1) is 9.78. The minimum absolute atomic E-state index is 0. The average molecular weight is 275 g/mol. The Bertz CT molecular complexity index is 516. The molecule has 3 rings (SSSR count). The molecule has 1 aliphatic carbocycles. The van der Waals surface area contributed by atoms with Crippen molar-refractivity contribution in [1.29, 1.82) is 0 Å². The molecule has 1 unspecified atom stereocenters. The molecule has 20 heavy (non-hydrogen) atoms. The van der Waals surface area contributed by atoms with Gasteiger partial charge < -0.3 is 10.1 Å². The zero-order chi connectivity index (χ0) is 13.9. The molecule has 0 saturated carbocycles. The smallest absolute Gasteiger partial charge is 0.219 e. The van der Waals surface area contributed by atoms with E-state index in [-0.39, 0.29) is 7.33 Å². The second kappa shape index (κ2) is 5.86. The Balaban J connectivity index is 0.00000161. The van der Waals surface area contributed by atoms with E-state index in [0.717, 1.165) is 38.2 Å². The third-order valence-electron chi connectivity index (χ3n) is 4.53. The van der Waals surface area contributed by atoms with Gasteiger partial charge >= 0.3 is 0 Å². The van der Waals surface area contributed by atoms with Crippen LogP contribution in [0.4, 0.5) is 0 Å². The van der Waals surface area contributed by atoms with Gasteiger partial charge in [-0.25, -0.2) is 0 Å². The molecule has 1 amide bonds. The fraction of sp³-hybridized carbons (Fsp3) is 0.588. The molecule has 1 aromatic carbocycles. The molecular formula is C17H25NO2. The van der Waals surface area contributed by atoms with Crippen LogP contribution in [-0.2, 0) is 17.6 Å². The molecule has 0 bridgehead atoms. The highest BCUT2D eigenvalue weighted by Gasteiger charge is 2.25. The molecule has 110 valence electrons. The normalized spacial score (nSPS) is 19.4. The van der Waals surface area contributed by atoms with Crippen molar-refractivity contribution in [2.24, 2.45) is 0 Å². The number of nitrogens with one attached hydrogen (secondary N) is 1. The van der Waals surface area contributed by atoms with Gasteiger partial charge in [-0.3, -0.25) is 4.79 Å². The van der Waals surface area contributed by atoms with Crippen LogP contribution in [0.2, 0.25) is 0 Å². The van der Waals surface area contributed by atoms with Gasteiger partial charge in [-0.15, -0.1) is 0 Å². The second-order valence-electron chi connectivity index (χ2n) is 5.84. The number of ether oxygens (including phenoxy) is 1. The Labute approximate surface area is 122 Å². The van der Waals surface area contributed by atoms with Crippen LogP contribution in [-0.4, -0.2) is 19.1 Å². The zero-order valence-corrected chi connectivity index (χ0v) is 12.2. The summed E-state index contributed by atoms with van der Waals surface area (Å²) in [5.74, 6) is 1.91. The van der Waals surface area contributed by atoms with Gasteiger partial charge in [-0.1, -0.05) is 13.0 Å². The van der Waals surface area contributed by atoms with E-state index < -0.39 is 0 Å². The van der Waals surface area contributed by atoms with Gasteiger partial charge in [0.1, 0.15) is 5.75 Å². The molecule has 2 aliphatic rings. The van der Waals surface area contributed by atoms with E-state index in [4.69, 9.17) is 4.74 Å². The summed E-state index contributed by atoms with van der Waals surface area (Å²) in [6.45, 7) is 3.54. The van der Waals surface area contributed by atoms with E-state index in [1.54, 1.807) is 0 Å².